The second-order valence-electron chi connectivity index (χ2n) is 4.39. The summed E-state index contributed by atoms with van der Waals surface area (Å²) in [7, 11) is 0. The van der Waals surface area contributed by atoms with E-state index in [0.717, 1.165) is 25.7 Å². The Labute approximate surface area is 123 Å². The molecule has 0 spiro atoms. The number of aliphatic carboxylic acids is 2. The van der Waals surface area contributed by atoms with Crippen molar-refractivity contribution < 1.29 is 41.5 Å². The molecule has 0 radical (unpaired) electrons. The van der Waals surface area contributed by atoms with Crippen LogP contribution in [0.4, 0.5) is 0 Å². The minimum atomic E-state index is -1.26. The summed E-state index contributed by atoms with van der Waals surface area (Å²) in [5.74, 6) is -2.31. The van der Waals surface area contributed by atoms with Gasteiger partial charge in [-0.2, -0.15) is 0 Å². The highest BCUT2D eigenvalue weighted by molar-refractivity contribution is 5.70. The molecule has 0 aliphatic rings. The van der Waals surface area contributed by atoms with E-state index in [1.54, 1.807) is 0 Å². The number of carbonyl (C=O) groups is 3. The molecular formula is C12H27N3O6. The van der Waals surface area contributed by atoms with Crippen molar-refractivity contribution >= 4 is 18.2 Å². The van der Waals surface area contributed by atoms with Crippen LogP contribution in [0.1, 0.15) is 38.5 Å². The third-order valence-electron chi connectivity index (χ3n) is 2.53. The zero-order chi connectivity index (χ0) is 16.0. The highest BCUT2D eigenvalue weighted by Gasteiger charge is 2.05. The van der Waals surface area contributed by atoms with E-state index in [1.165, 1.54) is 0 Å². The lowest BCUT2D eigenvalue weighted by atomic mass is 10.1. The molecule has 0 saturated carbocycles. The lowest BCUT2D eigenvalue weighted by molar-refractivity contribution is -0.439. The molecule has 0 heterocycles. The quantitative estimate of drug-likeness (QED) is 0.264. The first kappa shape index (κ1) is 24.5. The van der Waals surface area contributed by atoms with Gasteiger partial charge in [-0.1, -0.05) is 0 Å². The van der Waals surface area contributed by atoms with Gasteiger partial charge in [0.1, 0.15) is 12.3 Å². The van der Waals surface area contributed by atoms with Crippen molar-refractivity contribution in [1.82, 2.24) is 0 Å². The van der Waals surface area contributed by atoms with Crippen LogP contribution in [0.5, 0.6) is 0 Å². The highest BCUT2D eigenvalue weighted by atomic mass is 16.4. The lowest BCUT2D eigenvalue weighted by Crippen LogP contribution is -2.68. The van der Waals surface area contributed by atoms with Crippen molar-refractivity contribution in [2.45, 2.75) is 50.6 Å². The number of carboxylic acid groups (broad SMARTS) is 2. The Kier molecular flexibility index (Phi) is 19.2. The lowest BCUT2D eigenvalue weighted by Gasteiger charge is -2.10. The number of unbranched alkanes of at least 4 members (excludes halogenated alkanes) is 2. The summed E-state index contributed by atoms with van der Waals surface area (Å²) in [6, 6.07) is -1.48. The molecule has 10 N–H and O–H groups in total. The van der Waals surface area contributed by atoms with E-state index in [4.69, 9.17) is 5.73 Å². The second kappa shape index (κ2) is 16.5. The fraction of sp³-hybridized carbons (Fsp3) is 0.750. The number of carboxylic acids is 2. The molecule has 0 aromatic carbocycles. The largest absolute Gasteiger partial charge is 0.548 e. The number of hydrogen-bond acceptors (Lipinski definition) is 6. The maximum atomic E-state index is 10.1. The van der Waals surface area contributed by atoms with Gasteiger partial charge in [0.15, 0.2) is 0 Å². The van der Waals surface area contributed by atoms with Crippen LogP contribution in [-0.4, -0.2) is 42.3 Å². The number of quaternary nitrogens is 2. The summed E-state index contributed by atoms with van der Waals surface area (Å²) in [4.78, 5) is 29.8. The fourth-order valence-electron chi connectivity index (χ4n) is 1.22. The Bertz CT molecular complexity index is 288. The van der Waals surface area contributed by atoms with E-state index in [1.807, 2.05) is 0 Å². The number of aldehydes is 1. The molecule has 0 fully saturated rings. The van der Waals surface area contributed by atoms with Crippen LogP contribution in [-0.2, 0) is 14.4 Å². The van der Waals surface area contributed by atoms with Crippen LogP contribution in [0.3, 0.4) is 0 Å². The van der Waals surface area contributed by atoms with E-state index < -0.39 is 24.0 Å². The van der Waals surface area contributed by atoms with Crippen molar-refractivity contribution in [2.24, 2.45) is 5.73 Å². The van der Waals surface area contributed by atoms with Crippen LogP contribution in [0.15, 0.2) is 0 Å². The molecule has 21 heavy (non-hydrogen) atoms. The van der Waals surface area contributed by atoms with E-state index in [-0.39, 0.29) is 5.48 Å². The second-order valence-corrected chi connectivity index (χ2v) is 4.39. The first-order valence-electron chi connectivity index (χ1n) is 6.60. The smallest absolute Gasteiger partial charge is 0.124 e. The zero-order valence-corrected chi connectivity index (χ0v) is 12.2. The summed E-state index contributed by atoms with van der Waals surface area (Å²) in [5, 5.41) is 20.1. The van der Waals surface area contributed by atoms with E-state index >= 15 is 0 Å². The van der Waals surface area contributed by atoms with Gasteiger partial charge in [0.2, 0.25) is 0 Å². The average Bonchev–Trinajstić information content (AvgIpc) is 2.39. The molecule has 126 valence electrons. The van der Waals surface area contributed by atoms with Crippen LogP contribution in [0, 0.1) is 0 Å². The van der Waals surface area contributed by atoms with E-state index in [2.05, 4.69) is 11.5 Å². The summed E-state index contributed by atoms with van der Waals surface area (Å²) < 4.78 is 0. The molecule has 0 aromatic heterocycles. The van der Waals surface area contributed by atoms with Crippen molar-refractivity contribution in [3.8, 4) is 0 Å². The van der Waals surface area contributed by atoms with Crippen molar-refractivity contribution in [3.63, 3.8) is 0 Å². The van der Waals surface area contributed by atoms with Gasteiger partial charge < -0.3 is 47.3 Å². The average molecular weight is 309 g/mol. The van der Waals surface area contributed by atoms with Gasteiger partial charge in [0.05, 0.1) is 18.5 Å². The SMILES string of the molecule is N[C@@H](CCCC=O)C(=O)[O-].O.[NH3+]CCCC[C@H]([NH3+])C(=O)[O-]. The molecule has 0 unspecified atom stereocenters. The molecular weight excluding hydrogens is 282 g/mol. The standard InChI is InChI=1S/C6H14N2O2.C6H11NO3.H2O/c7-4-2-1-3-5(8)6(9)10;7-5(6(9)10)3-1-2-4-8;/h5H,1-4,7-8H2,(H,9,10);4-5H,1-3,7H2,(H,9,10);1H2/t2*5-;/m00./s1. The molecule has 0 aliphatic carbocycles. The zero-order valence-electron chi connectivity index (χ0n) is 12.2. The Morgan fingerprint density at radius 3 is 2.05 bits per heavy atom. The summed E-state index contributed by atoms with van der Waals surface area (Å²) in [6.45, 7) is 0.861. The van der Waals surface area contributed by atoms with Crippen LogP contribution < -0.4 is 27.4 Å². The van der Waals surface area contributed by atoms with Crippen LogP contribution >= 0.6 is 0 Å². The van der Waals surface area contributed by atoms with E-state index in [0.29, 0.717) is 25.7 Å². The molecule has 0 saturated heterocycles. The molecule has 0 rings (SSSR count). The predicted molar refractivity (Wildman–Crippen MR) is 69.8 cm³/mol. The van der Waals surface area contributed by atoms with Crippen LogP contribution in [0.2, 0.25) is 0 Å². The van der Waals surface area contributed by atoms with Gasteiger partial charge in [-0.15, -0.1) is 0 Å². The molecule has 0 aromatic rings. The molecule has 2 atom stereocenters. The minimum Gasteiger partial charge on any atom is -0.548 e. The number of hydrogen-bond donors (Lipinski definition) is 3. The molecule has 0 aliphatic heterocycles. The van der Waals surface area contributed by atoms with Crippen molar-refractivity contribution in [2.75, 3.05) is 6.54 Å². The Hall–Kier alpha value is -1.55. The van der Waals surface area contributed by atoms with Gasteiger partial charge in [0.25, 0.3) is 0 Å². The number of rotatable bonds is 10. The Morgan fingerprint density at radius 2 is 1.67 bits per heavy atom. The predicted octanol–water partition coefficient (Wildman–Crippen LogP) is -5.63. The first-order valence-corrected chi connectivity index (χ1v) is 6.60. The van der Waals surface area contributed by atoms with Gasteiger partial charge in [-0.05, 0) is 25.7 Å². The summed E-state index contributed by atoms with van der Waals surface area (Å²) >= 11 is 0. The first-order chi connectivity index (χ1) is 9.36. The topological polar surface area (TPSA) is 210 Å². The minimum absolute atomic E-state index is 0. The van der Waals surface area contributed by atoms with Gasteiger partial charge in [0, 0.05) is 18.9 Å². The molecule has 9 heteroatoms. The molecule has 0 amide bonds. The maximum absolute atomic E-state index is 10.1. The Balaban J connectivity index is -0.000000295. The molecule has 0 bridgehead atoms. The summed E-state index contributed by atoms with van der Waals surface area (Å²) in [6.07, 6.45) is 4.38. The van der Waals surface area contributed by atoms with Gasteiger partial charge >= 0.3 is 0 Å². The fourth-order valence-corrected chi connectivity index (χ4v) is 1.22. The highest BCUT2D eigenvalue weighted by Crippen LogP contribution is 1.95. The summed E-state index contributed by atoms with van der Waals surface area (Å²) in [5.41, 5.74) is 12.2. The number of nitrogens with two attached hydrogens (primary N) is 1. The van der Waals surface area contributed by atoms with Crippen molar-refractivity contribution in [1.29, 1.82) is 0 Å². The van der Waals surface area contributed by atoms with Gasteiger partial charge in [-0.25, -0.2) is 0 Å². The number of carbonyl (C=O) groups excluding carboxylic acids is 3. The maximum Gasteiger partial charge on any atom is 0.124 e. The van der Waals surface area contributed by atoms with Crippen molar-refractivity contribution in [3.05, 3.63) is 0 Å². The van der Waals surface area contributed by atoms with E-state index in [9.17, 15) is 24.6 Å². The Morgan fingerprint density at radius 1 is 1.10 bits per heavy atom. The third-order valence-corrected chi connectivity index (χ3v) is 2.53. The third kappa shape index (κ3) is 18.4. The van der Waals surface area contributed by atoms with Gasteiger partial charge in [-0.3, -0.25) is 0 Å². The normalized spacial score (nSPS) is 12.1. The molecule has 9 nitrogen and oxygen atoms in total. The monoisotopic (exact) mass is 309 g/mol. The van der Waals surface area contributed by atoms with Crippen LogP contribution in [0.25, 0.3) is 0 Å².